The second-order valence-electron chi connectivity index (χ2n) is 16.1. The van der Waals surface area contributed by atoms with Gasteiger partial charge in [0, 0.05) is 79.3 Å². The summed E-state index contributed by atoms with van der Waals surface area (Å²) in [4.78, 5) is 2.43. The molecule has 62 heavy (non-hydrogen) atoms. The van der Waals surface area contributed by atoms with Gasteiger partial charge in [0.05, 0.1) is 11.0 Å². The van der Waals surface area contributed by atoms with Crippen molar-refractivity contribution in [2.75, 3.05) is 4.90 Å². The first-order valence-electron chi connectivity index (χ1n) is 21.1. The minimum atomic E-state index is 1.11. The largest absolute Gasteiger partial charge is 0.310 e. The summed E-state index contributed by atoms with van der Waals surface area (Å²) in [7, 11) is 0. The number of thiophene rings is 2. The van der Waals surface area contributed by atoms with Crippen LogP contribution in [0.25, 0.3) is 101 Å². The number of anilines is 3. The summed E-state index contributed by atoms with van der Waals surface area (Å²) in [6.45, 7) is 0. The van der Waals surface area contributed by atoms with Crippen molar-refractivity contribution in [2.24, 2.45) is 0 Å². The summed E-state index contributed by atoms with van der Waals surface area (Å²) >= 11 is 3.75. The number of rotatable bonds is 6. The second kappa shape index (κ2) is 14.0. The smallest absolute Gasteiger partial charge is 0.0619 e. The van der Waals surface area contributed by atoms with Crippen LogP contribution in [0.3, 0.4) is 0 Å². The van der Waals surface area contributed by atoms with E-state index in [1.165, 1.54) is 95.2 Å². The Morgan fingerprint density at radius 2 is 0.984 bits per heavy atom. The van der Waals surface area contributed by atoms with Crippen LogP contribution >= 0.6 is 22.7 Å². The lowest BCUT2D eigenvalue weighted by Crippen LogP contribution is -2.09. The number of aromatic nitrogens is 1. The average molecular weight is 825 g/mol. The van der Waals surface area contributed by atoms with E-state index in [1.807, 2.05) is 22.7 Å². The van der Waals surface area contributed by atoms with Crippen molar-refractivity contribution in [1.29, 1.82) is 0 Å². The van der Waals surface area contributed by atoms with Crippen LogP contribution in [0.15, 0.2) is 218 Å². The molecular formula is C58H36N2S2. The van der Waals surface area contributed by atoms with Crippen molar-refractivity contribution in [2.45, 2.75) is 0 Å². The van der Waals surface area contributed by atoms with E-state index in [2.05, 4.69) is 228 Å². The Hall–Kier alpha value is -7.50. The Morgan fingerprint density at radius 3 is 1.85 bits per heavy atom. The van der Waals surface area contributed by atoms with E-state index in [4.69, 9.17) is 0 Å². The molecule has 13 aromatic rings. The van der Waals surface area contributed by atoms with Crippen LogP contribution in [0.2, 0.25) is 0 Å². The third-order valence-electron chi connectivity index (χ3n) is 12.6. The second-order valence-corrected chi connectivity index (χ2v) is 18.2. The van der Waals surface area contributed by atoms with Crippen LogP contribution in [-0.2, 0) is 0 Å². The van der Waals surface area contributed by atoms with Crippen molar-refractivity contribution in [3.8, 4) is 27.9 Å². The number of hydrogen-bond donors (Lipinski definition) is 0. The van der Waals surface area contributed by atoms with Crippen LogP contribution < -0.4 is 4.90 Å². The Labute approximate surface area is 366 Å². The van der Waals surface area contributed by atoms with Crippen LogP contribution in [0.1, 0.15) is 0 Å². The number of nitrogens with zero attached hydrogens (tertiary/aromatic N) is 2. The molecule has 0 amide bonds. The quantitative estimate of drug-likeness (QED) is 0.162. The third-order valence-corrected chi connectivity index (χ3v) is 14.9. The van der Waals surface area contributed by atoms with Gasteiger partial charge in [-0.05, 0) is 94.4 Å². The molecule has 2 nitrogen and oxygen atoms in total. The fourth-order valence-electron chi connectivity index (χ4n) is 9.68. The highest BCUT2D eigenvalue weighted by Gasteiger charge is 2.19. The van der Waals surface area contributed by atoms with Crippen molar-refractivity contribution in [3.05, 3.63) is 218 Å². The molecule has 0 atom stereocenters. The zero-order valence-corrected chi connectivity index (χ0v) is 35.1. The van der Waals surface area contributed by atoms with Crippen molar-refractivity contribution in [3.63, 3.8) is 0 Å². The number of para-hydroxylation sites is 1. The molecule has 0 aliphatic heterocycles. The van der Waals surface area contributed by atoms with Gasteiger partial charge < -0.3 is 9.47 Å². The zero-order valence-electron chi connectivity index (χ0n) is 33.5. The Kier molecular flexibility index (Phi) is 7.99. The Bertz CT molecular complexity index is 3860. The predicted octanol–water partition coefficient (Wildman–Crippen LogP) is 17.5. The Balaban J connectivity index is 0.966. The summed E-state index contributed by atoms with van der Waals surface area (Å²) in [6.07, 6.45) is 0. The van der Waals surface area contributed by atoms with E-state index < -0.39 is 0 Å². The first-order chi connectivity index (χ1) is 30.7. The van der Waals surface area contributed by atoms with Crippen LogP contribution in [0, 0.1) is 0 Å². The molecule has 0 aliphatic carbocycles. The minimum Gasteiger partial charge on any atom is -0.310 e. The maximum Gasteiger partial charge on any atom is 0.0619 e. The van der Waals surface area contributed by atoms with E-state index in [0.29, 0.717) is 0 Å². The van der Waals surface area contributed by atoms with E-state index in [9.17, 15) is 0 Å². The maximum atomic E-state index is 2.45. The molecule has 4 heteroatoms. The van der Waals surface area contributed by atoms with Gasteiger partial charge in [0.1, 0.15) is 0 Å². The van der Waals surface area contributed by atoms with Crippen molar-refractivity contribution < 1.29 is 0 Å². The van der Waals surface area contributed by atoms with Crippen LogP contribution in [0.5, 0.6) is 0 Å². The van der Waals surface area contributed by atoms with Gasteiger partial charge in [-0.15, -0.1) is 22.7 Å². The summed E-state index contributed by atoms with van der Waals surface area (Å²) in [6, 6.07) is 80.4. The molecule has 0 N–H and O–H groups in total. The molecule has 0 bridgehead atoms. The standard InChI is InChI=1S/C58H36N2S2/c1-3-12-38(13-4-1)46-19-11-20-51-52-35-43(29-33-55(52)62-58(46)51)59(44-28-32-49-48-18-9-10-21-54(48)61-56(49)36-44)42-26-22-37(23-27-42)40-25-30-47-50-31-24-39-14-7-8-17-45(39)57(50)60(53(47)34-40)41-15-5-2-6-16-41/h1-36H. The molecule has 0 aliphatic rings. The summed E-state index contributed by atoms with van der Waals surface area (Å²) in [5.41, 5.74) is 11.9. The first kappa shape index (κ1) is 35.3. The average Bonchev–Trinajstić information content (AvgIpc) is 4.01. The molecule has 0 unspecified atom stereocenters. The topological polar surface area (TPSA) is 8.17 Å². The van der Waals surface area contributed by atoms with Crippen LogP contribution in [-0.4, -0.2) is 4.57 Å². The van der Waals surface area contributed by atoms with E-state index >= 15 is 0 Å². The van der Waals surface area contributed by atoms with Gasteiger partial charge in [-0.3, -0.25) is 0 Å². The molecule has 0 radical (unpaired) electrons. The Morgan fingerprint density at radius 1 is 0.339 bits per heavy atom. The molecular weight excluding hydrogens is 789 g/mol. The molecule has 0 spiro atoms. The van der Waals surface area contributed by atoms with Crippen LogP contribution in [0.4, 0.5) is 17.1 Å². The molecule has 13 rings (SSSR count). The van der Waals surface area contributed by atoms with Crippen molar-refractivity contribution >= 4 is 113 Å². The number of fused-ring (bicyclic) bond motifs is 11. The van der Waals surface area contributed by atoms with E-state index in [-0.39, 0.29) is 0 Å². The van der Waals surface area contributed by atoms with Gasteiger partial charge in [0.15, 0.2) is 0 Å². The minimum absolute atomic E-state index is 1.11. The highest BCUT2D eigenvalue weighted by atomic mass is 32.1. The van der Waals surface area contributed by atoms with Gasteiger partial charge in [-0.25, -0.2) is 0 Å². The summed E-state index contributed by atoms with van der Waals surface area (Å²) in [5, 5.41) is 10.2. The fourth-order valence-corrected chi connectivity index (χ4v) is 12.0. The number of benzene rings is 10. The molecule has 0 saturated heterocycles. The maximum absolute atomic E-state index is 2.45. The first-order valence-corrected chi connectivity index (χ1v) is 22.7. The van der Waals surface area contributed by atoms with E-state index in [1.54, 1.807) is 0 Å². The molecule has 0 saturated carbocycles. The van der Waals surface area contributed by atoms with Crippen molar-refractivity contribution in [1.82, 2.24) is 4.57 Å². The number of hydrogen-bond acceptors (Lipinski definition) is 3. The highest BCUT2D eigenvalue weighted by Crippen LogP contribution is 2.46. The lowest BCUT2D eigenvalue weighted by molar-refractivity contribution is 1.19. The summed E-state index contributed by atoms with van der Waals surface area (Å²) < 4.78 is 7.66. The summed E-state index contributed by atoms with van der Waals surface area (Å²) in [5.74, 6) is 0. The molecule has 290 valence electrons. The molecule has 10 aromatic carbocycles. The lowest BCUT2D eigenvalue weighted by atomic mass is 10.0. The van der Waals surface area contributed by atoms with Gasteiger partial charge in [-0.2, -0.15) is 0 Å². The van der Waals surface area contributed by atoms with Gasteiger partial charge in [0.25, 0.3) is 0 Å². The van der Waals surface area contributed by atoms with Gasteiger partial charge >= 0.3 is 0 Å². The monoisotopic (exact) mass is 824 g/mol. The molecule has 3 heterocycles. The zero-order chi connectivity index (χ0) is 40.7. The van der Waals surface area contributed by atoms with E-state index in [0.717, 1.165) is 22.7 Å². The van der Waals surface area contributed by atoms with Gasteiger partial charge in [-0.1, -0.05) is 152 Å². The molecule has 3 aromatic heterocycles. The highest BCUT2D eigenvalue weighted by molar-refractivity contribution is 7.26. The van der Waals surface area contributed by atoms with Gasteiger partial charge in [0.2, 0.25) is 0 Å². The fraction of sp³-hybridized carbons (Fsp3) is 0. The third kappa shape index (κ3) is 5.54. The normalized spacial score (nSPS) is 11.9. The lowest BCUT2D eigenvalue weighted by Gasteiger charge is -2.26. The predicted molar refractivity (Wildman–Crippen MR) is 270 cm³/mol. The molecule has 0 fully saturated rings. The SMILES string of the molecule is c1ccc(-c2cccc3c2sc2ccc(N(c4ccc(-c5ccc6c7ccc8ccccc8c7n(-c7ccccc7)c6c5)cc4)c4ccc5c(c4)sc4ccccc45)cc23)cc1.